The average molecular weight is 527 g/mol. The Morgan fingerprint density at radius 2 is 1.00 bits per heavy atom. The van der Waals surface area contributed by atoms with E-state index < -0.39 is 48.5 Å². The SMILES string of the molecule is CC(C)(C)c1cc(C(C)(C)C)c(C(O)C(CO)(CO)CO)c(C(C)(C)C)c1.OP(O)OP(O)O. The number of hydrogen-bond acceptors (Lipinski definition) is 9. The van der Waals surface area contributed by atoms with Crippen LogP contribution in [0.4, 0.5) is 0 Å². The Hall–Kier alpha value is -0.280. The van der Waals surface area contributed by atoms with Crippen molar-refractivity contribution < 1.29 is 44.3 Å². The summed E-state index contributed by atoms with van der Waals surface area (Å²) < 4.78 is 3.60. The zero-order valence-electron chi connectivity index (χ0n) is 21.7. The largest absolute Gasteiger partial charge is 0.395 e. The number of benzene rings is 1. The van der Waals surface area contributed by atoms with Crippen molar-refractivity contribution >= 4 is 17.2 Å². The molecule has 0 aliphatic heterocycles. The highest BCUT2D eigenvalue weighted by Gasteiger charge is 2.42. The molecule has 0 saturated heterocycles. The molecule has 0 bridgehead atoms. The quantitative estimate of drug-likeness (QED) is 0.249. The van der Waals surface area contributed by atoms with Crippen molar-refractivity contribution in [1.29, 1.82) is 0 Å². The van der Waals surface area contributed by atoms with Crippen LogP contribution < -0.4 is 0 Å². The van der Waals surface area contributed by atoms with Gasteiger partial charge in [-0.1, -0.05) is 74.4 Å². The van der Waals surface area contributed by atoms with Crippen molar-refractivity contribution in [2.24, 2.45) is 5.41 Å². The van der Waals surface area contributed by atoms with Gasteiger partial charge in [0.15, 0.2) is 0 Å². The molecule has 9 nitrogen and oxygen atoms in total. The zero-order valence-corrected chi connectivity index (χ0v) is 23.5. The first-order valence-electron chi connectivity index (χ1n) is 10.9. The van der Waals surface area contributed by atoms with E-state index in [4.69, 9.17) is 19.6 Å². The number of aliphatic hydroxyl groups is 4. The molecule has 8 N–H and O–H groups in total. The van der Waals surface area contributed by atoms with Crippen molar-refractivity contribution in [1.82, 2.24) is 0 Å². The molecule has 11 heteroatoms. The van der Waals surface area contributed by atoms with Gasteiger partial charge in [-0.05, 0) is 38.5 Å². The third-order valence-electron chi connectivity index (χ3n) is 5.61. The highest BCUT2D eigenvalue weighted by molar-refractivity contribution is 7.53. The molecule has 1 atom stereocenters. The number of aliphatic hydroxyl groups excluding tert-OH is 4. The van der Waals surface area contributed by atoms with E-state index in [2.05, 4.69) is 78.8 Å². The molecule has 1 aromatic carbocycles. The predicted molar refractivity (Wildman–Crippen MR) is 135 cm³/mol. The molecule has 0 aliphatic rings. The van der Waals surface area contributed by atoms with Gasteiger partial charge in [-0.3, -0.25) is 0 Å². The van der Waals surface area contributed by atoms with E-state index >= 15 is 0 Å². The maximum Gasteiger partial charge on any atom is 0.334 e. The second-order valence-electron chi connectivity index (χ2n) is 11.6. The minimum absolute atomic E-state index is 0.0640. The van der Waals surface area contributed by atoms with Gasteiger partial charge in [0.2, 0.25) is 0 Å². The molecule has 0 aromatic heterocycles. The fourth-order valence-electron chi connectivity index (χ4n) is 3.40. The minimum Gasteiger partial charge on any atom is -0.395 e. The lowest BCUT2D eigenvalue weighted by atomic mass is 9.67. The molecule has 34 heavy (non-hydrogen) atoms. The average Bonchev–Trinajstić information content (AvgIpc) is 2.66. The van der Waals surface area contributed by atoms with Crippen LogP contribution in [0.3, 0.4) is 0 Å². The van der Waals surface area contributed by atoms with Crippen LogP contribution in [0, 0.1) is 5.41 Å². The second kappa shape index (κ2) is 12.8. The van der Waals surface area contributed by atoms with E-state index in [1.54, 1.807) is 0 Å². The van der Waals surface area contributed by atoms with Gasteiger partial charge in [-0.25, -0.2) is 4.31 Å². The van der Waals surface area contributed by atoms with Crippen LogP contribution in [-0.4, -0.2) is 59.8 Å². The Bertz CT molecular complexity index is 710. The summed E-state index contributed by atoms with van der Waals surface area (Å²) in [7, 11) is -5.22. The highest BCUT2D eigenvalue weighted by Crippen LogP contribution is 2.45. The molecule has 1 unspecified atom stereocenters. The molecular formula is C23H44O9P2. The Kier molecular flexibility index (Phi) is 12.7. The summed E-state index contributed by atoms with van der Waals surface area (Å²) in [6, 6.07) is 4.26. The lowest BCUT2D eigenvalue weighted by molar-refractivity contribution is -0.0863. The smallest absolute Gasteiger partial charge is 0.334 e. The van der Waals surface area contributed by atoms with Gasteiger partial charge >= 0.3 is 17.2 Å². The van der Waals surface area contributed by atoms with Crippen LogP contribution in [0.2, 0.25) is 0 Å². The summed E-state index contributed by atoms with van der Waals surface area (Å²) >= 11 is 0. The van der Waals surface area contributed by atoms with Gasteiger partial charge in [-0.15, -0.1) is 0 Å². The number of hydrogen-bond donors (Lipinski definition) is 8. The molecule has 0 heterocycles. The van der Waals surface area contributed by atoms with Crippen molar-refractivity contribution in [3.05, 3.63) is 34.4 Å². The van der Waals surface area contributed by atoms with Gasteiger partial charge in [0.1, 0.15) is 0 Å². The zero-order chi connectivity index (χ0) is 27.3. The molecule has 0 spiro atoms. The van der Waals surface area contributed by atoms with Crippen molar-refractivity contribution in [3.8, 4) is 0 Å². The van der Waals surface area contributed by atoms with Crippen molar-refractivity contribution in [2.75, 3.05) is 19.8 Å². The van der Waals surface area contributed by atoms with Gasteiger partial charge in [0.25, 0.3) is 0 Å². The molecule has 1 aromatic rings. The number of rotatable bonds is 7. The maximum atomic E-state index is 11.3. The summed E-state index contributed by atoms with van der Waals surface area (Å²) in [4.78, 5) is 31.3. The lowest BCUT2D eigenvalue weighted by Gasteiger charge is -2.40. The first-order valence-corrected chi connectivity index (χ1v) is 13.2. The minimum atomic E-state index is -2.61. The molecule has 0 fully saturated rings. The lowest BCUT2D eigenvalue weighted by Crippen LogP contribution is -2.42. The van der Waals surface area contributed by atoms with E-state index in [0.29, 0.717) is 5.56 Å². The fraction of sp³-hybridized carbons (Fsp3) is 0.739. The molecule has 1 rings (SSSR count). The van der Waals surface area contributed by atoms with Crippen LogP contribution in [0.15, 0.2) is 12.1 Å². The van der Waals surface area contributed by atoms with Gasteiger partial charge in [-0.2, -0.15) is 0 Å². The van der Waals surface area contributed by atoms with Gasteiger partial charge < -0.3 is 40.0 Å². The van der Waals surface area contributed by atoms with Gasteiger partial charge in [0.05, 0.1) is 31.3 Å². The Morgan fingerprint density at radius 3 is 1.18 bits per heavy atom. The van der Waals surface area contributed by atoms with E-state index in [0.717, 1.165) is 11.1 Å². The Labute approximate surface area is 206 Å². The fourth-order valence-corrected chi connectivity index (χ4v) is 3.93. The van der Waals surface area contributed by atoms with Crippen molar-refractivity contribution in [2.45, 2.75) is 84.7 Å². The Balaban J connectivity index is 0.00000135. The topological polar surface area (TPSA) is 171 Å². The van der Waals surface area contributed by atoms with E-state index in [-0.39, 0.29) is 16.2 Å². The molecule has 0 amide bonds. The molecule has 0 aliphatic carbocycles. The standard InChI is InChI=1S/C23H40O4.H4O5P2/c1-20(2,3)15-10-16(21(4,5)6)18(17(11-15)22(7,8)9)19(27)23(12-24,13-25)14-26;1-6(2)5-7(3)4/h10-11,19,24-27H,12-14H2,1-9H3;1-4H. The van der Waals surface area contributed by atoms with E-state index in [9.17, 15) is 20.4 Å². The molecular weight excluding hydrogens is 482 g/mol. The van der Waals surface area contributed by atoms with Crippen LogP contribution in [0.25, 0.3) is 0 Å². The van der Waals surface area contributed by atoms with Crippen LogP contribution in [-0.2, 0) is 20.6 Å². The first-order chi connectivity index (χ1) is 15.2. The monoisotopic (exact) mass is 526 g/mol. The summed E-state index contributed by atoms with van der Waals surface area (Å²) in [5, 5.41) is 41.0. The highest BCUT2D eigenvalue weighted by atomic mass is 31.2. The first kappa shape index (κ1) is 33.7. The summed E-state index contributed by atoms with van der Waals surface area (Å²) in [5.41, 5.74) is 1.86. The summed E-state index contributed by atoms with van der Waals surface area (Å²) in [6.07, 6.45) is -1.19. The predicted octanol–water partition coefficient (Wildman–Crippen LogP) is 3.00. The second-order valence-corrected chi connectivity index (χ2v) is 13.2. The molecule has 0 saturated carbocycles. The van der Waals surface area contributed by atoms with E-state index in [1.165, 1.54) is 5.56 Å². The Morgan fingerprint density at radius 1 is 0.676 bits per heavy atom. The third-order valence-corrected chi connectivity index (χ3v) is 6.77. The summed E-state index contributed by atoms with van der Waals surface area (Å²) in [5.74, 6) is 0. The molecule has 200 valence electrons. The maximum absolute atomic E-state index is 11.3. The van der Waals surface area contributed by atoms with Gasteiger partial charge in [0, 0.05) is 0 Å². The van der Waals surface area contributed by atoms with Crippen molar-refractivity contribution in [3.63, 3.8) is 0 Å². The van der Waals surface area contributed by atoms with Crippen LogP contribution >= 0.6 is 17.2 Å². The molecule has 0 radical (unpaired) electrons. The normalized spacial score (nSPS) is 14.3. The van der Waals surface area contributed by atoms with E-state index in [1.807, 2.05) is 0 Å². The summed E-state index contributed by atoms with van der Waals surface area (Å²) in [6.45, 7) is 17.5. The van der Waals surface area contributed by atoms with Crippen LogP contribution in [0.1, 0.15) is 90.7 Å². The van der Waals surface area contributed by atoms with Crippen LogP contribution in [0.5, 0.6) is 0 Å². The third kappa shape index (κ3) is 9.30.